The fourth-order valence-electron chi connectivity index (χ4n) is 1.99. The molecule has 0 aliphatic heterocycles. The molecule has 1 aromatic rings. The highest BCUT2D eigenvalue weighted by molar-refractivity contribution is 7.09. The molecule has 0 bridgehead atoms. The van der Waals surface area contributed by atoms with E-state index in [-0.39, 0.29) is 11.6 Å². The predicted molar refractivity (Wildman–Crippen MR) is 83.8 cm³/mol. The molecule has 0 unspecified atom stereocenters. The number of carbonyl (C=O) groups excluding carboxylic acids is 1. The van der Waals surface area contributed by atoms with Crippen LogP contribution in [0.15, 0.2) is 5.38 Å². The first-order valence-electron chi connectivity index (χ1n) is 7.58. The number of thiazole rings is 1. The average molecular weight is 312 g/mol. The Morgan fingerprint density at radius 2 is 1.95 bits per heavy atom. The van der Waals surface area contributed by atoms with Gasteiger partial charge < -0.3 is 10.4 Å². The van der Waals surface area contributed by atoms with Gasteiger partial charge in [-0.3, -0.25) is 4.79 Å². The summed E-state index contributed by atoms with van der Waals surface area (Å²) in [5, 5.41) is 13.9. The van der Waals surface area contributed by atoms with Crippen molar-refractivity contribution in [1.29, 1.82) is 0 Å². The minimum absolute atomic E-state index is 0.0699. The van der Waals surface area contributed by atoms with E-state index in [0.717, 1.165) is 17.8 Å². The lowest BCUT2D eigenvalue weighted by Gasteiger charge is -2.04. The second-order valence-electron chi connectivity index (χ2n) is 5.05. The Kier molecular flexibility index (Phi) is 8.66. The SMILES string of the molecule is CCCCCCCCC(=O)NCCc1nc(C(=O)O)cs1. The van der Waals surface area contributed by atoms with Gasteiger partial charge in [-0.05, 0) is 6.42 Å². The van der Waals surface area contributed by atoms with Crippen molar-refractivity contribution in [2.45, 2.75) is 58.3 Å². The summed E-state index contributed by atoms with van der Waals surface area (Å²) in [6, 6.07) is 0. The second kappa shape index (κ2) is 10.3. The summed E-state index contributed by atoms with van der Waals surface area (Å²) in [5.74, 6) is -0.940. The Morgan fingerprint density at radius 1 is 1.24 bits per heavy atom. The Labute approximate surface area is 129 Å². The van der Waals surface area contributed by atoms with Crippen LogP contribution in [0.5, 0.6) is 0 Å². The second-order valence-corrected chi connectivity index (χ2v) is 5.99. The van der Waals surface area contributed by atoms with E-state index < -0.39 is 5.97 Å². The molecule has 1 heterocycles. The number of carboxylic acids is 1. The monoisotopic (exact) mass is 312 g/mol. The first-order valence-corrected chi connectivity index (χ1v) is 8.45. The molecule has 0 fully saturated rings. The van der Waals surface area contributed by atoms with Crippen LogP contribution in [0.25, 0.3) is 0 Å². The highest BCUT2D eigenvalue weighted by atomic mass is 32.1. The highest BCUT2D eigenvalue weighted by Gasteiger charge is 2.08. The van der Waals surface area contributed by atoms with Crippen LogP contribution >= 0.6 is 11.3 Å². The van der Waals surface area contributed by atoms with Gasteiger partial charge in [0.1, 0.15) is 0 Å². The number of hydrogen-bond acceptors (Lipinski definition) is 4. The van der Waals surface area contributed by atoms with Gasteiger partial charge in [-0.1, -0.05) is 39.0 Å². The number of carboxylic acid groups (broad SMARTS) is 1. The first-order chi connectivity index (χ1) is 10.1. The molecule has 1 rings (SSSR count). The predicted octanol–water partition coefficient (Wildman–Crippen LogP) is 3.25. The van der Waals surface area contributed by atoms with Gasteiger partial charge in [0.25, 0.3) is 0 Å². The minimum atomic E-state index is -1.01. The molecule has 0 saturated heterocycles. The standard InChI is InChI=1S/C15H24N2O3S/c1-2-3-4-5-6-7-8-13(18)16-10-9-14-17-12(11-21-14)15(19)20/h11H,2-10H2,1H3,(H,16,18)(H,19,20). The van der Waals surface area contributed by atoms with Crippen molar-refractivity contribution in [1.82, 2.24) is 10.3 Å². The Hall–Kier alpha value is -1.43. The van der Waals surface area contributed by atoms with Crippen LogP contribution in [0.3, 0.4) is 0 Å². The summed E-state index contributed by atoms with van der Waals surface area (Å²) in [4.78, 5) is 26.3. The van der Waals surface area contributed by atoms with Gasteiger partial charge >= 0.3 is 5.97 Å². The smallest absolute Gasteiger partial charge is 0.355 e. The number of nitrogens with zero attached hydrogens (tertiary/aromatic N) is 1. The summed E-state index contributed by atoms with van der Waals surface area (Å²) in [5.41, 5.74) is 0.0772. The van der Waals surface area contributed by atoms with E-state index >= 15 is 0 Å². The largest absolute Gasteiger partial charge is 0.476 e. The molecule has 0 aromatic carbocycles. The molecule has 118 valence electrons. The quantitative estimate of drug-likeness (QED) is 0.615. The zero-order valence-corrected chi connectivity index (χ0v) is 13.4. The molecular formula is C15H24N2O3S. The van der Waals surface area contributed by atoms with Crippen LogP contribution in [0.1, 0.15) is 67.4 Å². The molecule has 5 nitrogen and oxygen atoms in total. The molecule has 2 N–H and O–H groups in total. The van der Waals surface area contributed by atoms with Gasteiger partial charge in [0.05, 0.1) is 5.01 Å². The molecule has 0 saturated carbocycles. The number of hydrogen-bond donors (Lipinski definition) is 2. The number of unbranched alkanes of at least 4 members (excludes halogenated alkanes) is 5. The first kappa shape index (κ1) is 17.6. The zero-order valence-electron chi connectivity index (χ0n) is 12.6. The number of aromatic nitrogens is 1. The van der Waals surface area contributed by atoms with Crippen molar-refractivity contribution in [3.05, 3.63) is 16.1 Å². The third-order valence-corrected chi connectivity index (χ3v) is 4.10. The molecule has 6 heteroatoms. The minimum Gasteiger partial charge on any atom is -0.476 e. The number of aromatic carboxylic acids is 1. The maximum absolute atomic E-state index is 11.6. The summed E-state index contributed by atoms with van der Waals surface area (Å²) >= 11 is 1.32. The van der Waals surface area contributed by atoms with E-state index in [2.05, 4.69) is 17.2 Å². The molecule has 1 aromatic heterocycles. The lowest BCUT2D eigenvalue weighted by atomic mass is 10.1. The van der Waals surface area contributed by atoms with E-state index in [1.54, 1.807) is 0 Å². The molecule has 0 aliphatic rings. The summed E-state index contributed by atoms with van der Waals surface area (Å²) < 4.78 is 0. The third-order valence-electron chi connectivity index (χ3n) is 3.19. The van der Waals surface area contributed by atoms with Crippen LogP contribution in [0, 0.1) is 0 Å². The van der Waals surface area contributed by atoms with E-state index in [9.17, 15) is 9.59 Å². The van der Waals surface area contributed by atoms with Gasteiger partial charge in [0.15, 0.2) is 5.69 Å². The fourth-order valence-corrected chi connectivity index (χ4v) is 2.76. The molecule has 0 spiro atoms. The topological polar surface area (TPSA) is 79.3 Å². The van der Waals surface area contributed by atoms with Crippen LogP contribution in [-0.2, 0) is 11.2 Å². The van der Waals surface area contributed by atoms with Gasteiger partial charge in [0.2, 0.25) is 5.91 Å². The van der Waals surface area contributed by atoms with Crippen LogP contribution in [-0.4, -0.2) is 28.5 Å². The van der Waals surface area contributed by atoms with E-state index in [4.69, 9.17) is 5.11 Å². The summed E-state index contributed by atoms with van der Waals surface area (Å²) in [7, 11) is 0. The molecule has 1 amide bonds. The Morgan fingerprint density at radius 3 is 2.62 bits per heavy atom. The van der Waals surface area contributed by atoms with Crippen molar-refractivity contribution in [3.8, 4) is 0 Å². The maximum Gasteiger partial charge on any atom is 0.355 e. The van der Waals surface area contributed by atoms with E-state index in [0.29, 0.717) is 19.4 Å². The zero-order chi connectivity index (χ0) is 15.5. The number of nitrogens with one attached hydrogen (secondary N) is 1. The van der Waals surface area contributed by atoms with Gasteiger partial charge in [-0.15, -0.1) is 11.3 Å². The Bertz CT molecular complexity index is 446. The van der Waals surface area contributed by atoms with E-state index in [1.165, 1.54) is 42.4 Å². The molecule has 0 radical (unpaired) electrons. The van der Waals surface area contributed by atoms with Gasteiger partial charge in [-0.2, -0.15) is 0 Å². The lowest BCUT2D eigenvalue weighted by Crippen LogP contribution is -2.25. The van der Waals surface area contributed by atoms with Crippen molar-refractivity contribution < 1.29 is 14.7 Å². The number of amides is 1. The van der Waals surface area contributed by atoms with Crippen LogP contribution < -0.4 is 5.32 Å². The van der Waals surface area contributed by atoms with Crippen molar-refractivity contribution >= 4 is 23.2 Å². The number of carbonyl (C=O) groups is 2. The molecular weight excluding hydrogens is 288 g/mol. The molecule has 21 heavy (non-hydrogen) atoms. The number of rotatable bonds is 11. The molecule has 0 atom stereocenters. The third kappa shape index (κ3) is 7.80. The highest BCUT2D eigenvalue weighted by Crippen LogP contribution is 2.10. The average Bonchev–Trinajstić information content (AvgIpc) is 2.92. The Balaban J connectivity index is 2.06. The maximum atomic E-state index is 11.6. The normalized spacial score (nSPS) is 10.5. The van der Waals surface area contributed by atoms with Crippen LogP contribution in [0.4, 0.5) is 0 Å². The van der Waals surface area contributed by atoms with Crippen molar-refractivity contribution in [2.75, 3.05) is 6.54 Å². The molecule has 0 aliphatic carbocycles. The summed E-state index contributed by atoms with van der Waals surface area (Å²) in [6.07, 6.45) is 8.19. The lowest BCUT2D eigenvalue weighted by molar-refractivity contribution is -0.121. The summed E-state index contributed by atoms with van der Waals surface area (Å²) in [6.45, 7) is 2.70. The van der Waals surface area contributed by atoms with Gasteiger partial charge in [-0.25, -0.2) is 9.78 Å². The van der Waals surface area contributed by atoms with Crippen molar-refractivity contribution in [2.24, 2.45) is 0 Å². The van der Waals surface area contributed by atoms with Crippen LogP contribution in [0.2, 0.25) is 0 Å². The van der Waals surface area contributed by atoms with E-state index in [1.807, 2.05) is 0 Å². The fraction of sp³-hybridized carbons (Fsp3) is 0.667. The van der Waals surface area contributed by atoms with Gasteiger partial charge in [0, 0.05) is 24.8 Å². The van der Waals surface area contributed by atoms with Crippen molar-refractivity contribution in [3.63, 3.8) is 0 Å².